The number of methoxy groups -OCH3 is 1. The maximum absolute atomic E-state index is 13.7. The number of nitrogens with zero attached hydrogens (tertiary/aromatic N) is 3. The molecule has 0 spiro atoms. The molecule has 0 saturated carbocycles. The lowest BCUT2D eigenvalue weighted by Gasteiger charge is -2.28. The third-order valence-corrected chi connectivity index (χ3v) is 7.08. The minimum Gasteiger partial charge on any atom is -0.497 e. The Bertz CT molecular complexity index is 1540. The molecule has 0 aliphatic heterocycles. The molecule has 1 heterocycles. The van der Waals surface area contributed by atoms with Gasteiger partial charge in [-0.3, -0.25) is 4.79 Å². The molecule has 0 saturated heterocycles. The first-order valence-electron chi connectivity index (χ1n) is 12.8. The van der Waals surface area contributed by atoms with E-state index in [2.05, 4.69) is 67.8 Å². The van der Waals surface area contributed by atoms with E-state index in [1.54, 1.807) is 7.11 Å². The second kappa shape index (κ2) is 10.5. The molecule has 0 radical (unpaired) electrons. The predicted molar refractivity (Wildman–Crippen MR) is 150 cm³/mol. The van der Waals surface area contributed by atoms with Crippen LogP contribution in [-0.2, 0) is 17.9 Å². The summed E-state index contributed by atoms with van der Waals surface area (Å²) in [5, 5.41) is 2.28. The van der Waals surface area contributed by atoms with E-state index in [-0.39, 0.29) is 24.4 Å². The standard InChI is InChI=1S/C32H33N3O2/c1-22(2)34(20-24-10-6-5-7-11-24)31(36)21-35-30-13-9-8-12-29(30)33-32(35)23(3)25-14-15-27-19-28(37-4)17-16-26(27)18-25/h5-19,22-23H,20-21H2,1-4H3. The Morgan fingerprint density at radius 3 is 2.35 bits per heavy atom. The van der Waals surface area contributed by atoms with Gasteiger partial charge in [-0.1, -0.05) is 73.7 Å². The van der Waals surface area contributed by atoms with Crippen molar-refractivity contribution in [2.75, 3.05) is 7.11 Å². The SMILES string of the molecule is COc1ccc2cc(C(C)c3nc4ccccc4n3CC(=O)N(Cc3ccccc3)C(C)C)ccc2c1. The number of carbonyl (C=O) groups is 1. The molecule has 5 heteroatoms. The lowest BCUT2D eigenvalue weighted by molar-refractivity contribution is -0.134. The van der Waals surface area contributed by atoms with E-state index in [9.17, 15) is 4.79 Å². The average Bonchev–Trinajstić information content (AvgIpc) is 3.29. The zero-order chi connectivity index (χ0) is 25.9. The first kappa shape index (κ1) is 24.6. The molecule has 1 unspecified atom stereocenters. The van der Waals surface area contributed by atoms with Crippen LogP contribution in [0.15, 0.2) is 91.0 Å². The van der Waals surface area contributed by atoms with E-state index in [0.717, 1.165) is 44.5 Å². The summed E-state index contributed by atoms with van der Waals surface area (Å²) in [6.07, 6.45) is 0. The summed E-state index contributed by atoms with van der Waals surface area (Å²) in [6, 6.07) is 30.9. The number of benzene rings is 4. The fraction of sp³-hybridized carbons (Fsp3) is 0.250. The number of para-hydroxylation sites is 2. The minimum atomic E-state index is 0.00771. The van der Waals surface area contributed by atoms with Crippen molar-refractivity contribution >= 4 is 27.7 Å². The lowest BCUT2D eigenvalue weighted by atomic mass is 9.97. The molecule has 5 aromatic rings. The van der Waals surface area contributed by atoms with Gasteiger partial charge in [-0.05, 0) is 60.0 Å². The summed E-state index contributed by atoms with van der Waals surface area (Å²) in [4.78, 5) is 20.7. The van der Waals surface area contributed by atoms with Crippen LogP contribution in [0, 0.1) is 0 Å². The zero-order valence-corrected chi connectivity index (χ0v) is 21.9. The quantitative estimate of drug-likeness (QED) is 0.240. The van der Waals surface area contributed by atoms with Crippen LogP contribution in [0.5, 0.6) is 5.75 Å². The highest BCUT2D eigenvalue weighted by Gasteiger charge is 2.23. The van der Waals surface area contributed by atoms with Gasteiger partial charge < -0.3 is 14.2 Å². The van der Waals surface area contributed by atoms with E-state index >= 15 is 0 Å². The van der Waals surface area contributed by atoms with Gasteiger partial charge in [0.15, 0.2) is 0 Å². The second-order valence-electron chi connectivity index (χ2n) is 9.84. The van der Waals surface area contributed by atoms with Crippen LogP contribution in [0.4, 0.5) is 0 Å². The summed E-state index contributed by atoms with van der Waals surface area (Å²) >= 11 is 0. The van der Waals surface area contributed by atoms with Crippen molar-refractivity contribution in [2.24, 2.45) is 0 Å². The monoisotopic (exact) mass is 491 g/mol. The van der Waals surface area contributed by atoms with Gasteiger partial charge in [0.05, 0.1) is 18.1 Å². The van der Waals surface area contributed by atoms with Crippen molar-refractivity contribution in [1.29, 1.82) is 0 Å². The maximum Gasteiger partial charge on any atom is 0.243 e. The van der Waals surface area contributed by atoms with Gasteiger partial charge in [0.25, 0.3) is 0 Å². The number of aromatic nitrogens is 2. The zero-order valence-electron chi connectivity index (χ0n) is 21.9. The van der Waals surface area contributed by atoms with Gasteiger partial charge in [-0.2, -0.15) is 0 Å². The smallest absolute Gasteiger partial charge is 0.243 e. The molecule has 4 aromatic carbocycles. The van der Waals surface area contributed by atoms with Crippen LogP contribution in [0.1, 0.15) is 43.6 Å². The van der Waals surface area contributed by atoms with Gasteiger partial charge in [-0.25, -0.2) is 4.98 Å². The third kappa shape index (κ3) is 5.08. The minimum absolute atomic E-state index is 0.00771. The molecule has 188 valence electrons. The van der Waals surface area contributed by atoms with Gasteiger partial charge in [0, 0.05) is 18.5 Å². The van der Waals surface area contributed by atoms with E-state index in [1.807, 2.05) is 53.4 Å². The molecule has 0 fully saturated rings. The lowest BCUT2D eigenvalue weighted by Crippen LogP contribution is -2.38. The molecule has 0 bridgehead atoms. The van der Waals surface area contributed by atoms with Gasteiger partial charge in [-0.15, -0.1) is 0 Å². The van der Waals surface area contributed by atoms with Crippen LogP contribution in [-0.4, -0.2) is 33.5 Å². The van der Waals surface area contributed by atoms with Crippen molar-refractivity contribution < 1.29 is 9.53 Å². The Hall–Kier alpha value is -4.12. The van der Waals surface area contributed by atoms with Crippen molar-refractivity contribution in [2.45, 2.75) is 45.8 Å². The number of rotatable bonds is 8. The van der Waals surface area contributed by atoms with Gasteiger partial charge in [0.1, 0.15) is 18.1 Å². The number of amides is 1. The van der Waals surface area contributed by atoms with Crippen molar-refractivity contribution in [3.8, 4) is 5.75 Å². The predicted octanol–water partition coefficient (Wildman–Crippen LogP) is 6.79. The number of carbonyl (C=O) groups excluding carboxylic acids is 1. The van der Waals surface area contributed by atoms with Crippen molar-refractivity contribution in [3.63, 3.8) is 0 Å². The van der Waals surface area contributed by atoms with Crippen LogP contribution in [0.2, 0.25) is 0 Å². The average molecular weight is 492 g/mol. The summed E-state index contributed by atoms with van der Waals surface area (Å²) in [5.41, 5.74) is 4.17. The summed E-state index contributed by atoms with van der Waals surface area (Å²) in [5.74, 6) is 1.83. The van der Waals surface area contributed by atoms with Gasteiger partial charge >= 0.3 is 0 Å². The number of fused-ring (bicyclic) bond motifs is 2. The van der Waals surface area contributed by atoms with Crippen molar-refractivity contribution in [3.05, 3.63) is 108 Å². The molecule has 5 rings (SSSR count). The fourth-order valence-electron chi connectivity index (χ4n) is 4.94. The first-order chi connectivity index (χ1) is 17.9. The Labute approximate surface area is 218 Å². The van der Waals surface area contributed by atoms with Crippen LogP contribution in [0.3, 0.4) is 0 Å². The van der Waals surface area contributed by atoms with Crippen LogP contribution in [0.25, 0.3) is 21.8 Å². The van der Waals surface area contributed by atoms with E-state index in [4.69, 9.17) is 9.72 Å². The molecule has 1 aromatic heterocycles. The Morgan fingerprint density at radius 2 is 1.59 bits per heavy atom. The van der Waals surface area contributed by atoms with E-state index in [0.29, 0.717) is 6.54 Å². The molecular weight excluding hydrogens is 458 g/mol. The van der Waals surface area contributed by atoms with Gasteiger partial charge in [0.2, 0.25) is 5.91 Å². The summed E-state index contributed by atoms with van der Waals surface area (Å²) in [7, 11) is 1.68. The number of hydrogen-bond acceptors (Lipinski definition) is 3. The fourth-order valence-corrected chi connectivity index (χ4v) is 4.94. The number of ether oxygens (including phenoxy) is 1. The maximum atomic E-state index is 13.7. The molecule has 5 nitrogen and oxygen atoms in total. The molecular formula is C32H33N3O2. The molecule has 0 N–H and O–H groups in total. The van der Waals surface area contributed by atoms with Crippen LogP contribution >= 0.6 is 0 Å². The normalized spacial score (nSPS) is 12.2. The Morgan fingerprint density at radius 1 is 0.892 bits per heavy atom. The Kier molecular flexibility index (Phi) is 6.95. The molecule has 1 atom stereocenters. The highest BCUT2D eigenvalue weighted by Crippen LogP contribution is 2.31. The highest BCUT2D eigenvalue weighted by atomic mass is 16.5. The van der Waals surface area contributed by atoms with Crippen LogP contribution < -0.4 is 4.74 Å². The molecule has 1 amide bonds. The molecule has 0 aliphatic carbocycles. The molecule has 0 aliphatic rings. The summed E-state index contributed by atoms with van der Waals surface area (Å²) in [6.45, 7) is 7.14. The third-order valence-electron chi connectivity index (χ3n) is 7.08. The van der Waals surface area contributed by atoms with Crippen molar-refractivity contribution in [1.82, 2.24) is 14.5 Å². The topological polar surface area (TPSA) is 47.4 Å². The van der Waals surface area contributed by atoms with E-state index in [1.165, 1.54) is 0 Å². The number of hydrogen-bond donors (Lipinski definition) is 0. The summed E-state index contributed by atoms with van der Waals surface area (Å²) < 4.78 is 7.48. The van der Waals surface area contributed by atoms with E-state index < -0.39 is 0 Å². The largest absolute Gasteiger partial charge is 0.497 e. The first-order valence-corrected chi connectivity index (χ1v) is 12.8. The Balaban J connectivity index is 1.50. The number of imidazole rings is 1. The molecule has 37 heavy (non-hydrogen) atoms. The highest BCUT2D eigenvalue weighted by molar-refractivity contribution is 5.85. The second-order valence-corrected chi connectivity index (χ2v) is 9.84.